The van der Waals surface area contributed by atoms with Crippen LogP contribution in [0.3, 0.4) is 0 Å². The largest absolute Gasteiger partial charge is 0.388 e. The van der Waals surface area contributed by atoms with Gasteiger partial charge in [-0.05, 0) is 36.8 Å². The standard InChI is InChI=1S/C23H21ClN4O3/c1-13-19(29)20(30)23(31-13)28-11-17(14-5-3-2-4-6-14)18-21(25-12-26-22(18)28)27-16-9-7-15(24)8-10-16/h2-13,19-20,23,29-30H,1H3,(H,25,26,27)/t13-,19+,20+,23-/m1/s1. The van der Waals surface area contributed by atoms with Crippen LogP contribution in [-0.4, -0.2) is 43.1 Å². The molecule has 4 atom stereocenters. The van der Waals surface area contributed by atoms with Gasteiger partial charge in [0.25, 0.3) is 0 Å². The van der Waals surface area contributed by atoms with Gasteiger partial charge in [0.1, 0.15) is 30.0 Å². The Balaban J connectivity index is 1.69. The normalized spacial score (nSPS) is 23.4. The molecule has 31 heavy (non-hydrogen) atoms. The van der Waals surface area contributed by atoms with Crippen molar-refractivity contribution in [3.8, 4) is 11.1 Å². The van der Waals surface area contributed by atoms with Crippen LogP contribution in [0.1, 0.15) is 13.2 Å². The second kappa shape index (κ2) is 7.94. The van der Waals surface area contributed by atoms with Crippen molar-refractivity contribution < 1.29 is 14.9 Å². The van der Waals surface area contributed by atoms with E-state index in [4.69, 9.17) is 16.3 Å². The van der Waals surface area contributed by atoms with Gasteiger partial charge in [-0.1, -0.05) is 41.9 Å². The van der Waals surface area contributed by atoms with E-state index in [0.29, 0.717) is 16.5 Å². The van der Waals surface area contributed by atoms with E-state index in [1.165, 1.54) is 6.33 Å². The highest BCUT2D eigenvalue weighted by Gasteiger charge is 2.42. The Kier molecular flexibility index (Phi) is 5.11. The third-order valence-corrected chi connectivity index (χ3v) is 5.80. The van der Waals surface area contributed by atoms with Crippen LogP contribution in [0, 0.1) is 0 Å². The van der Waals surface area contributed by atoms with Gasteiger partial charge in [-0.25, -0.2) is 9.97 Å². The average molecular weight is 437 g/mol. The molecule has 5 rings (SSSR count). The molecule has 0 radical (unpaired) electrons. The van der Waals surface area contributed by atoms with Gasteiger partial charge in [-0.3, -0.25) is 0 Å². The monoisotopic (exact) mass is 436 g/mol. The predicted octanol–water partition coefficient (Wildman–Crippen LogP) is 4.13. The van der Waals surface area contributed by atoms with E-state index in [0.717, 1.165) is 22.2 Å². The summed E-state index contributed by atoms with van der Waals surface area (Å²) in [6, 6.07) is 17.2. The van der Waals surface area contributed by atoms with Gasteiger partial charge in [-0.15, -0.1) is 0 Å². The molecule has 3 heterocycles. The number of anilines is 2. The molecule has 0 saturated carbocycles. The second-order valence-electron chi connectivity index (χ2n) is 7.58. The number of hydrogen-bond acceptors (Lipinski definition) is 6. The van der Waals surface area contributed by atoms with Crippen LogP contribution in [0.5, 0.6) is 0 Å². The van der Waals surface area contributed by atoms with E-state index >= 15 is 0 Å². The number of hydrogen-bond donors (Lipinski definition) is 3. The molecule has 2 aromatic carbocycles. The van der Waals surface area contributed by atoms with E-state index < -0.39 is 24.5 Å². The van der Waals surface area contributed by atoms with Crippen molar-refractivity contribution in [1.82, 2.24) is 14.5 Å². The Morgan fingerprint density at radius 3 is 2.42 bits per heavy atom. The number of rotatable bonds is 4. The Hall–Kier alpha value is -2.97. The van der Waals surface area contributed by atoms with Crippen LogP contribution >= 0.6 is 11.6 Å². The summed E-state index contributed by atoms with van der Waals surface area (Å²) in [4.78, 5) is 8.97. The van der Waals surface area contributed by atoms with Crippen molar-refractivity contribution in [2.24, 2.45) is 0 Å². The van der Waals surface area contributed by atoms with Gasteiger partial charge in [-0.2, -0.15) is 0 Å². The van der Waals surface area contributed by atoms with Gasteiger partial charge in [0.2, 0.25) is 0 Å². The molecule has 1 aliphatic heterocycles. The fourth-order valence-electron chi connectivity index (χ4n) is 3.94. The van der Waals surface area contributed by atoms with E-state index in [1.54, 1.807) is 23.6 Å². The lowest BCUT2D eigenvalue weighted by atomic mass is 10.1. The number of fused-ring (bicyclic) bond motifs is 1. The molecule has 2 aromatic heterocycles. The van der Waals surface area contributed by atoms with Gasteiger partial charge in [0.15, 0.2) is 6.23 Å². The first-order valence-corrected chi connectivity index (χ1v) is 10.4. The number of aliphatic hydroxyl groups excluding tert-OH is 2. The summed E-state index contributed by atoms with van der Waals surface area (Å²) >= 11 is 6.01. The van der Waals surface area contributed by atoms with Crippen molar-refractivity contribution in [2.75, 3.05) is 5.32 Å². The Bertz CT molecular complexity index is 1210. The van der Waals surface area contributed by atoms with Gasteiger partial charge < -0.3 is 24.8 Å². The molecule has 3 N–H and O–H groups in total. The number of nitrogens with one attached hydrogen (secondary N) is 1. The van der Waals surface area contributed by atoms with Crippen LogP contribution in [0.2, 0.25) is 5.02 Å². The Morgan fingerprint density at radius 2 is 1.74 bits per heavy atom. The van der Waals surface area contributed by atoms with Crippen molar-refractivity contribution in [2.45, 2.75) is 31.5 Å². The second-order valence-corrected chi connectivity index (χ2v) is 8.02. The van der Waals surface area contributed by atoms with E-state index in [1.807, 2.05) is 48.7 Å². The number of aromatic nitrogens is 3. The number of aliphatic hydroxyl groups is 2. The lowest BCUT2D eigenvalue weighted by Gasteiger charge is -2.17. The molecule has 0 aliphatic carbocycles. The maximum Gasteiger partial charge on any atom is 0.164 e. The fraction of sp³-hybridized carbons (Fsp3) is 0.217. The van der Waals surface area contributed by atoms with Crippen molar-refractivity contribution in [3.05, 3.63) is 72.1 Å². The molecule has 8 heteroatoms. The summed E-state index contributed by atoms with van der Waals surface area (Å²) in [5, 5.41) is 25.6. The smallest absolute Gasteiger partial charge is 0.164 e. The van der Waals surface area contributed by atoms with Gasteiger partial charge in [0, 0.05) is 22.5 Å². The molecule has 7 nitrogen and oxygen atoms in total. The van der Waals surface area contributed by atoms with Gasteiger partial charge in [0.05, 0.1) is 11.5 Å². The summed E-state index contributed by atoms with van der Waals surface area (Å²) in [7, 11) is 0. The zero-order chi connectivity index (χ0) is 21.5. The maximum atomic E-state index is 10.6. The first-order valence-electron chi connectivity index (χ1n) is 9.98. The minimum absolute atomic E-state index is 0.494. The van der Waals surface area contributed by atoms with E-state index in [-0.39, 0.29) is 0 Å². The Morgan fingerprint density at radius 1 is 1.00 bits per heavy atom. The number of ether oxygens (including phenoxy) is 1. The third-order valence-electron chi connectivity index (χ3n) is 5.55. The minimum Gasteiger partial charge on any atom is -0.388 e. The summed E-state index contributed by atoms with van der Waals surface area (Å²) in [5.74, 6) is 0.617. The molecule has 1 aliphatic rings. The molecule has 0 bridgehead atoms. The SMILES string of the molecule is C[C@H]1O[C@@H](n2cc(-c3ccccc3)c3c(Nc4ccc(Cl)cc4)ncnc32)[C@@H](O)[C@H]1O. The molecule has 1 saturated heterocycles. The van der Waals surface area contributed by atoms with Crippen LogP contribution < -0.4 is 5.32 Å². The molecule has 4 aromatic rings. The lowest BCUT2D eigenvalue weighted by molar-refractivity contribution is -0.0295. The van der Waals surface area contributed by atoms with Crippen LogP contribution in [-0.2, 0) is 4.74 Å². The maximum absolute atomic E-state index is 10.6. The lowest BCUT2D eigenvalue weighted by Crippen LogP contribution is -2.30. The molecule has 158 valence electrons. The molecule has 0 amide bonds. The molecule has 0 spiro atoms. The minimum atomic E-state index is -1.07. The molecular weight excluding hydrogens is 416 g/mol. The number of nitrogens with zero attached hydrogens (tertiary/aromatic N) is 3. The van der Waals surface area contributed by atoms with Crippen molar-refractivity contribution >= 4 is 34.1 Å². The summed E-state index contributed by atoms with van der Waals surface area (Å²) in [6.45, 7) is 1.74. The number of benzene rings is 2. The third kappa shape index (κ3) is 3.55. The van der Waals surface area contributed by atoms with E-state index in [2.05, 4.69) is 15.3 Å². The Labute approximate surface area is 183 Å². The first kappa shape index (κ1) is 20.0. The molecule has 0 unspecified atom stereocenters. The predicted molar refractivity (Wildman–Crippen MR) is 119 cm³/mol. The molecular formula is C23H21ClN4O3. The summed E-state index contributed by atoms with van der Waals surface area (Å²) < 4.78 is 7.64. The van der Waals surface area contributed by atoms with Crippen LogP contribution in [0.25, 0.3) is 22.2 Å². The molecule has 1 fully saturated rings. The quantitative estimate of drug-likeness (QED) is 0.445. The van der Waals surface area contributed by atoms with Gasteiger partial charge >= 0.3 is 0 Å². The van der Waals surface area contributed by atoms with E-state index in [9.17, 15) is 10.2 Å². The zero-order valence-corrected chi connectivity index (χ0v) is 17.4. The first-order chi connectivity index (χ1) is 15.0. The zero-order valence-electron chi connectivity index (χ0n) is 16.7. The van der Waals surface area contributed by atoms with Crippen LogP contribution in [0.4, 0.5) is 11.5 Å². The highest BCUT2D eigenvalue weighted by Crippen LogP contribution is 2.39. The average Bonchev–Trinajstić information content (AvgIpc) is 3.30. The topological polar surface area (TPSA) is 92.4 Å². The van der Waals surface area contributed by atoms with Crippen LogP contribution in [0.15, 0.2) is 67.1 Å². The fourth-order valence-corrected chi connectivity index (χ4v) is 4.06. The number of halogens is 1. The van der Waals surface area contributed by atoms with Crippen molar-refractivity contribution in [3.63, 3.8) is 0 Å². The highest BCUT2D eigenvalue weighted by atomic mass is 35.5. The summed E-state index contributed by atoms with van der Waals surface area (Å²) in [5.41, 5.74) is 3.28. The summed E-state index contributed by atoms with van der Waals surface area (Å²) in [6.07, 6.45) is 0.0512. The van der Waals surface area contributed by atoms with Crippen molar-refractivity contribution in [1.29, 1.82) is 0 Å². The highest BCUT2D eigenvalue weighted by molar-refractivity contribution is 6.30.